The molecule has 1 spiro atoms. The van der Waals surface area contributed by atoms with Crippen LogP contribution in [0.15, 0.2) is 6.33 Å². The van der Waals surface area contributed by atoms with Crippen LogP contribution in [0.2, 0.25) is 0 Å². The number of aryl methyl sites for hydroxylation is 1. The molecule has 1 aromatic heterocycles. The molecule has 1 amide bonds. The highest BCUT2D eigenvalue weighted by atomic mass is 16.5. The molecule has 4 heterocycles. The van der Waals surface area contributed by atoms with Crippen molar-refractivity contribution in [1.29, 1.82) is 0 Å². The van der Waals surface area contributed by atoms with E-state index in [1.54, 1.807) is 7.05 Å². The molecule has 138 valence electrons. The molecule has 25 heavy (non-hydrogen) atoms. The van der Waals surface area contributed by atoms with Crippen molar-refractivity contribution in [2.45, 2.75) is 37.9 Å². The van der Waals surface area contributed by atoms with Crippen LogP contribution in [0.4, 0.5) is 0 Å². The number of piperidine rings is 1. The smallest absolute Gasteiger partial charge is 0.291 e. The molecular weight excluding hydrogens is 322 g/mol. The van der Waals surface area contributed by atoms with Gasteiger partial charge in [0, 0.05) is 39.8 Å². The Hall–Kier alpha value is -1.51. The summed E-state index contributed by atoms with van der Waals surface area (Å²) in [5.74, 6) is 0.375. The molecule has 0 bridgehead atoms. The highest BCUT2D eigenvalue weighted by Gasteiger charge is 2.44. The van der Waals surface area contributed by atoms with Crippen molar-refractivity contribution in [2.24, 2.45) is 12.5 Å². The van der Waals surface area contributed by atoms with Crippen LogP contribution in [-0.2, 0) is 11.8 Å². The van der Waals surface area contributed by atoms with Gasteiger partial charge < -0.3 is 14.7 Å². The van der Waals surface area contributed by atoms with Gasteiger partial charge in [0.2, 0.25) is 5.82 Å². The number of likely N-dealkylation sites (tertiary alicyclic amines) is 2. The van der Waals surface area contributed by atoms with Crippen molar-refractivity contribution in [3.8, 4) is 0 Å². The molecule has 4 rings (SSSR count). The van der Waals surface area contributed by atoms with Gasteiger partial charge in [-0.2, -0.15) is 5.10 Å². The van der Waals surface area contributed by atoms with Crippen molar-refractivity contribution in [3.63, 3.8) is 0 Å². The molecule has 0 aliphatic carbocycles. The second kappa shape index (κ2) is 6.66. The van der Waals surface area contributed by atoms with Crippen LogP contribution in [-0.4, -0.2) is 87.1 Å². The number of nitrogens with zero attached hydrogens (tertiary/aromatic N) is 5. The molecule has 0 saturated carbocycles. The lowest BCUT2D eigenvalue weighted by Gasteiger charge is -2.38. The highest BCUT2D eigenvalue weighted by molar-refractivity contribution is 5.90. The molecule has 3 aliphatic rings. The predicted octanol–water partition coefficient (Wildman–Crippen LogP) is -0.107. The first-order valence-electron chi connectivity index (χ1n) is 9.20. The number of aliphatic hydroxyl groups is 1. The van der Waals surface area contributed by atoms with E-state index in [4.69, 9.17) is 4.74 Å². The Morgan fingerprint density at radius 2 is 2.20 bits per heavy atom. The van der Waals surface area contributed by atoms with Crippen molar-refractivity contribution < 1.29 is 14.6 Å². The van der Waals surface area contributed by atoms with Crippen molar-refractivity contribution in [2.75, 3.05) is 39.3 Å². The zero-order chi connectivity index (χ0) is 17.4. The average Bonchev–Trinajstić information content (AvgIpc) is 3.30. The van der Waals surface area contributed by atoms with Gasteiger partial charge in [0.25, 0.3) is 5.91 Å². The second-order valence-electron chi connectivity index (χ2n) is 7.84. The van der Waals surface area contributed by atoms with Crippen LogP contribution in [0.25, 0.3) is 0 Å². The Bertz CT molecular complexity index is 626. The monoisotopic (exact) mass is 349 g/mol. The van der Waals surface area contributed by atoms with E-state index in [0.717, 1.165) is 65.0 Å². The third kappa shape index (κ3) is 3.43. The van der Waals surface area contributed by atoms with Crippen molar-refractivity contribution >= 4 is 5.91 Å². The maximum Gasteiger partial charge on any atom is 0.291 e. The van der Waals surface area contributed by atoms with Crippen LogP contribution in [0, 0.1) is 5.41 Å². The first-order valence-corrected chi connectivity index (χ1v) is 9.20. The predicted molar refractivity (Wildman–Crippen MR) is 90.0 cm³/mol. The summed E-state index contributed by atoms with van der Waals surface area (Å²) in [5, 5.41) is 13.6. The SMILES string of the molecule is Cn1ncnc1C(=O)N1CCC2(CC1)CO[C@H](CN1CC[C@H](O)C1)C2. The molecular formula is C17H27N5O3. The molecule has 0 unspecified atom stereocenters. The van der Waals surface area contributed by atoms with Crippen LogP contribution < -0.4 is 0 Å². The molecule has 0 aromatic carbocycles. The number of amides is 1. The maximum atomic E-state index is 12.6. The summed E-state index contributed by atoms with van der Waals surface area (Å²) in [6, 6.07) is 0. The van der Waals surface area contributed by atoms with Gasteiger partial charge in [-0.3, -0.25) is 9.69 Å². The van der Waals surface area contributed by atoms with Crippen LogP contribution in [0.3, 0.4) is 0 Å². The lowest BCUT2D eigenvalue weighted by molar-refractivity contribution is 0.0442. The van der Waals surface area contributed by atoms with Crippen LogP contribution in [0.5, 0.6) is 0 Å². The standard InChI is InChI=1S/C17H27N5O3/c1-20-15(18-12-19-20)16(24)22-6-3-17(4-7-22)8-14(25-11-17)10-21-5-2-13(23)9-21/h12-14,23H,2-11H2,1H3/t13-,14-/m0/s1. The number of carbonyl (C=O) groups excluding carboxylic acids is 1. The van der Waals surface area contributed by atoms with Crippen LogP contribution >= 0.6 is 0 Å². The molecule has 1 aromatic rings. The molecule has 1 N–H and O–H groups in total. The average molecular weight is 349 g/mol. The Morgan fingerprint density at radius 3 is 2.84 bits per heavy atom. The van der Waals surface area contributed by atoms with E-state index in [9.17, 15) is 9.90 Å². The zero-order valence-corrected chi connectivity index (χ0v) is 14.8. The summed E-state index contributed by atoms with van der Waals surface area (Å²) < 4.78 is 7.61. The summed E-state index contributed by atoms with van der Waals surface area (Å²) in [6.07, 6.45) is 5.40. The first kappa shape index (κ1) is 16.9. The number of aliphatic hydroxyl groups excluding tert-OH is 1. The lowest BCUT2D eigenvalue weighted by atomic mass is 9.76. The summed E-state index contributed by atoms with van der Waals surface area (Å²) >= 11 is 0. The van der Waals surface area contributed by atoms with Crippen LogP contribution in [0.1, 0.15) is 36.3 Å². The summed E-state index contributed by atoms with van der Waals surface area (Å²) in [5.41, 5.74) is 0.208. The van der Waals surface area contributed by atoms with E-state index >= 15 is 0 Å². The van der Waals surface area contributed by atoms with E-state index in [0.29, 0.717) is 5.82 Å². The Balaban J connectivity index is 1.30. The second-order valence-corrected chi connectivity index (χ2v) is 7.84. The number of hydrogen-bond donors (Lipinski definition) is 1. The van der Waals surface area contributed by atoms with Gasteiger partial charge in [-0.1, -0.05) is 0 Å². The quantitative estimate of drug-likeness (QED) is 0.820. The van der Waals surface area contributed by atoms with Crippen molar-refractivity contribution in [1.82, 2.24) is 24.6 Å². The number of aromatic nitrogens is 3. The van der Waals surface area contributed by atoms with Gasteiger partial charge in [0.15, 0.2) is 0 Å². The number of rotatable bonds is 3. The van der Waals surface area contributed by atoms with Gasteiger partial charge in [-0.25, -0.2) is 9.67 Å². The number of hydrogen-bond acceptors (Lipinski definition) is 6. The number of β-amino-alcohol motifs (C(OH)–C–C–N with tert-alkyl or cyclic N) is 1. The Kier molecular flexibility index (Phi) is 4.51. The van der Waals surface area contributed by atoms with E-state index in [1.165, 1.54) is 11.0 Å². The summed E-state index contributed by atoms with van der Waals surface area (Å²) in [6.45, 7) is 4.95. The minimum Gasteiger partial charge on any atom is -0.392 e. The van der Waals surface area contributed by atoms with Gasteiger partial charge in [0.05, 0.1) is 18.8 Å². The van der Waals surface area contributed by atoms with E-state index in [2.05, 4.69) is 15.0 Å². The minimum atomic E-state index is -0.176. The Morgan fingerprint density at radius 1 is 1.40 bits per heavy atom. The summed E-state index contributed by atoms with van der Waals surface area (Å²) in [7, 11) is 1.75. The van der Waals surface area contributed by atoms with E-state index < -0.39 is 0 Å². The molecule has 0 radical (unpaired) electrons. The number of ether oxygens (including phenoxy) is 1. The Labute approximate surface area is 147 Å². The molecule has 3 aliphatic heterocycles. The van der Waals surface area contributed by atoms with E-state index in [-0.39, 0.29) is 23.5 Å². The fourth-order valence-corrected chi connectivity index (χ4v) is 4.44. The van der Waals surface area contributed by atoms with Gasteiger partial charge in [0.1, 0.15) is 6.33 Å². The normalized spacial score (nSPS) is 29.6. The van der Waals surface area contributed by atoms with E-state index in [1.807, 2.05) is 4.90 Å². The molecule has 8 nitrogen and oxygen atoms in total. The van der Waals surface area contributed by atoms with Gasteiger partial charge in [-0.05, 0) is 31.1 Å². The molecule has 3 saturated heterocycles. The fourth-order valence-electron chi connectivity index (χ4n) is 4.44. The van der Waals surface area contributed by atoms with Gasteiger partial charge >= 0.3 is 0 Å². The fraction of sp³-hybridized carbons (Fsp3) is 0.824. The maximum absolute atomic E-state index is 12.6. The molecule has 2 atom stereocenters. The third-order valence-corrected chi connectivity index (χ3v) is 6.01. The highest BCUT2D eigenvalue weighted by Crippen LogP contribution is 2.42. The van der Waals surface area contributed by atoms with Gasteiger partial charge in [-0.15, -0.1) is 0 Å². The number of carbonyl (C=O) groups is 1. The topological polar surface area (TPSA) is 83.7 Å². The lowest BCUT2D eigenvalue weighted by Crippen LogP contribution is -2.44. The van der Waals surface area contributed by atoms with Crippen molar-refractivity contribution in [3.05, 3.63) is 12.2 Å². The molecule has 8 heteroatoms. The minimum absolute atomic E-state index is 0.0311. The third-order valence-electron chi connectivity index (χ3n) is 6.01. The summed E-state index contributed by atoms with van der Waals surface area (Å²) in [4.78, 5) is 20.8. The largest absolute Gasteiger partial charge is 0.392 e. The zero-order valence-electron chi connectivity index (χ0n) is 14.8. The molecule has 3 fully saturated rings. The first-order chi connectivity index (χ1) is 12.0.